The molecule has 2 aromatic carbocycles. The zero-order chi connectivity index (χ0) is 21.1. The van der Waals surface area contributed by atoms with Crippen molar-refractivity contribution in [1.29, 1.82) is 0 Å². The summed E-state index contributed by atoms with van der Waals surface area (Å²) in [6.07, 6.45) is 2.63. The highest BCUT2D eigenvalue weighted by atomic mass is 35.5. The lowest BCUT2D eigenvalue weighted by atomic mass is 10.1. The summed E-state index contributed by atoms with van der Waals surface area (Å²) in [5, 5.41) is 1.63. The fraction of sp³-hybridized carbons (Fsp3) is 0.227. The number of aromatic nitrogens is 1. The van der Waals surface area contributed by atoms with E-state index in [9.17, 15) is 9.59 Å². The van der Waals surface area contributed by atoms with Gasteiger partial charge in [0.05, 0.1) is 24.2 Å². The van der Waals surface area contributed by atoms with Crippen molar-refractivity contribution in [1.82, 2.24) is 9.88 Å². The van der Waals surface area contributed by atoms with E-state index in [0.717, 1.165) is 16.5 Å². The van der Waals surface area contributed by atoms with Gasteiger partial charge in [-0.15, -0.1) is 0 Å². The molecule has 0 aliphatic carbocycles. The van der Waals surface area contributed by atoms with Gasteiger partial charge in [-0.2, -0.15) is 0 Å². The van der Waals surface area contributed by atoms with Gasteiger partial charge in [0.1, 0.15) is 5.25 Å². The highest BCUT2D eigenvalue weighted by Gasteiger charge is 2.39. The second-order valence-electron chi connectivity index (χ2n) is 6.83. The first kappa shape index (κ1) is 20.5. The number of hydrogen-bond acceptors (Lipinski definition) is 5. The molecule has 0 spiro atoms. The zero-order valence-corrected chi connectivity index (χ0v) is 17.9. The molecule has 0 saturated carbocycles. The SMILES string of the molecule is COC(=O)CC1SC(=Nc2ccccc2Cl)N(CCc2c[nH]c3ccccc23)C1=O. The average Bonchev–Trinajstić information content (AvgIpc) is 3.29. The number of carbonyl (C=O) groups is 2. The second kappa shape index (κ2) is 8.93. The molecule has 6 nitrogen and oxygen atoms in total. The molecule has 1 unspecified atom stereocenters. The third-order valence-corrected chi connectivity index (χ3v) is 6.44. The van der Waals surface area contributed by atoms with Crippen molar-refractivity contribution in [3.8, 4) is 0 Å². The summed E-state index contributed by atoms with van der Waals surface area (Å²) in [5.41, 5.74) is 2.77. The molecule has 1 aromatic heterocycles. The largest absolute Gasteiger partial charge is 0.469 e. The van der Waals surface area contributed by atoms with E-state index in [1.54, 1.807) is 17.0 Å². The molecular weight excluding hydrogens is 422 g/mol. The molecule has 1 aliphatic heterocycles. The standard InChI is InChI=1S/C22H20ClN3O3S/c1-29-20(27)12-19-21(28)26(22(30-19)25-18-9-5-3-7-16(18)23)11-10-14-13-24-17-8-4-2-6-15(14)17/h2-9,13,19,24H,10-12H2,1H3. The Morgan fingerprint density at radius 2 is 2.00 bits per heavy atom. The molecule has 1 fully saturated rings. The number of fused-ring (bicyclic) bond motifs is 1. The summed E-state index contributed by atoms with van der Waals surface area (Å²) in [6.45, 7) is 0.453. The second-order valence-corrected chi connectivity index (χ2v) is 8.41. The van der Waals surface area contributed by atoms with E-state index in [0.29, 0.717) is 28.8 Å². The first-order chi connectivity index (χ1) is 14.6. The van der Waals surface area contributed by atoms with Crippen molar-refractivity contribution in [2.24, 2.45) is 4.99 Å². The Kier molecular flexibility index (Phi) is 6.11. The van der Waals surface area contributed by atoms with E-state index < -0.39 is 11.2 Å². The minimum Gasteiger partial charge on any atom is -0.469 e. The van der Waals surface area contributed by atoms with Gasteiger partial charge in [-0.25, -0.2) is 4.99 Å². The summed E-state index contributed by atoms with van der Waals surface area (Å²) in [6, 6.07) is 15.3. The Labute approximate surface area is 183 Å². The number of H-pyrrole nitrogens is 1. The summed E-state index contributed by atoms with van der Waals surface area (Å²) >= 11 is 7.53. The van der Waals surface area contributed by atoms with Crippen molar-refractivity contribution >= 4 is 57.0 Å². The predicted molar refractivity (Wildman–Crippen MR) is 120 cm³/mol. The third-order valence-electron chi connectivity index (χ3n) is 4.95. The molecule has 8 heteroatoms. The van der Waals surface area contributed by atoms with Crippen LogP contribution < -0.4 is 0 Å². The number of carbonyl (C=O) groups excluding carboxylic acids is 2. The van der Waals surface area contributed by atoms with Gasteiger partial charge in [-0.05, 0) is 30.2 Å². The molecule has 4 rings (SSSR count). The van der Waals surface area contributed by atoms with Crippen LogP contribution in [-0.4, -0.2) is 45.8 Å². The minimum absolute atomic E-state index is 0.00509. The third kappa shape index (κ3) is 4.22. The molecule has 30 heavy (non-hydrogen) atoms. The van der Waals surface area contributed by atoms with Crippen LogP contribution in [0.5, 0.6) is 0 Å². The maximum Gasteiger partial charge on any atom is 0.307 e. The first-order valence-corrected chi connectivity index (χ1v) is 10.8. The van der Waals surface area contributed by atoms with Gasteiger partial charge in [0.2, 0.25) is 5.91 Å². The maximum absolute atomic E-state index is 13.0. The number of para-hydroxylation sites is 2. The maximum atomic E-state index is 13.0. The Morgan fingerprint density at radius 3 is 2.80 bits per heavy atom. The summed E-state index contributed by atoms with van der Waals surface area (Å²) in [7, 11) is 1.32. The Morgan fingerprint density at radius 1 is 1.23 bits per heavy atom. The topological polar surface area (TPSA) is 74.8 Å². The first-order valence-electron chi connectivity index (χ1n) is 9.50. The van der Waals surface area contributed by atoms with Crippen molar-refractivity contribution in [3.05, 3.63) is 65.3 Å². The van der Waals surface area contributed by atoms with Gasteiger partial charge in [0, 0.05) is 23.6 Å². The summed E-state index contributed by atoms with van der Waals surface area (Å²) < 4.78 is 4.75. The molecule has 154 valence electrons. The van der Waals surface area contributed by atoms with E-state index in [4.69, 9.17) is 16.3 Å². The van der Waals surface area contributed by atoms with Crippen LogP contribution in [0.25, 0.3) is 10.9 Å². The number of nitrogens with zero attached hydrogens (tertiary/aromatic N) is 2. The number of thioether (sulfide) groups is 1. The van der Waals surface area contributed by atoms with Crippen LogP contribution in [0, 0.1) is 0 Å². The molecule has 1 saturated heterocycles. The van der Waals surface area contributed by atoms with Crippen molar-refractivity contribution in [2.75, 3.05) is 13.7 Å². The number of rotatable bonds is 6. The van der Waals surface area contributed by atoms with Crippen LogP contribution in [0.4, 0.5) is 5.69 Å². The number of esters is 1. The number of aromatic amines is 1. The number of halogens is 1. The number of methoxy groups -OCH3 is 1. The Hall–Kier alpha value is -2.77. The van der Waals surface area contributed by atoms with Crippen molar-refractivity contribution in [3.63, 3.8) is 0 Å². The number of amides is 1. The van der Waals surface area contributed by atoms with Crippen molar-refractivity contribution in [2.45, 2.75) is 18.1 Å². The summed E-state index contributed by atoms with van der Waals surface area (Å²) in [5.74, 6) is -0.563. The number of benzene rings is 2. The molecule has 1 atom stereocenters. The van der Waals surface area contributed by atoms with Crippen LogP contribution in [0.1, 0.15) is 12.0 Å². The lowest BCUT2D eigenvalue weighted by molar-refractivity contribution is -0.142. The lowest BCUT2D eigenvalue weighted by Gasteiger charge is -2.16. The number of ether oxygens (including phenoxy) is 1. The van der Waals surface area contributed by atoms with Gasteiger partial charge in [-0.3, -0.25) is 14.5 Å². The fourth-order valence-electron chi connectivity index (χ4n) is 3.38. The molecule has 1 aliphatic rings. The smallest absolute Gasteiger partial charge is 0.307 e. The van der Waals surface area contributed by atoms with Crippen LogP contribution in [0.15, 0.2) is 59.7 Å². The highest BCUT2D eigenvalue weighted by molar-refractivity contribution is 8.15. The van der Waals surface area contributed by atoms with Crippen molar-refractivity contribution < 1.29 is 14.3 Å². The Balaban J connectivity index is 1.60. The quantitative estimate of drug-likeness (QED) is 0.569. The van der Waals surface area contributed by atoms with E-state index in [1.165, 1.54) is 18.9 Å². The number of hydrogen-bond donors (Lipinski definition) is 1. The lowest BCUT2D eigenvalue weighted by Crippen LogP contribution is -2.34. The van der Waals surface area contributed by atoms with Gasteiger partial charge in [0.25, 0.3) is 0 Å². The van der Waals surface area contributed by atoms with Gasteiger partial charge in [0.15, 0.2) is 5.17 Å². The van der Waals surface area contributed by atoms with Crippen LogP contribution in [0.3, 0.4) is 0 Å². The zero-order valence-electron chi connectivity index (χ0n) is 16.3. The molecule has 3 aromatic rings. The monoisotopic (exact) mass is 441 g/mol. The highest BCUT2D eigenvalue weighted by Crippen LogP contribution is 2.34. The van der Waals surface area contributed by atoms with Crippen LogP contribution in [0.2, 0.25) is 5.02 Å². The normalized spacial score (nSPS) is 17.8. The number of aliphatic imine (C=N–C) groups is 1. The molecule has 2 heterocycles. The van der Waals surface area contributed by atoms with E-state index in [2.05, 4.69) is 16.0 Å². The van der Waals surface area contributed by atoms with E-state index in [1.807, 2.05) is 36.5 Å². The molecule has 1 N–H and O–H groups in total. The Bertz CT molecular complexity index is 1130. The average molecular weight is 442 g/mol. The molecule has 0 radical (unpaired) electrons. The number of amidine groups is 1. The molecular formula is C22H20ClN3O3S. The number of nitrogens with one attached hydrogen (secondary N) is 1. The van der Waals surface area contributed by atoms with Gasteiger partial charge in [-0.1, -0.05) is 53.7 Å². The minimum atomic E-state index is -0.554. The molecule has 0 bridgehead atoms. The van der Waals surface area contributed by atoms with Crippen LogP contribution in [-0.2, 0) is 20.7 Å². The van der Waals surface area contributed by atoms with Gasteiger partial charge >= 0.3 is 5.97 Å². The summed E-state index contributed by atoms with van der Waals surface area (Å²) in [4.78, 5) is 34.3. The molecule has 1 amide bonds. The van der Waals surface area contributed by atoms with E-state index in [-0.39, 0.29) is 12.3 Å². The predicted octanol–water partition coefficient (Wildman–Crippen LogP) is 4.56. The van der Waals surface area contributed by atoms with Crippen LogP contribution >= 0.6 is 23.4 Å². The fourth-order valence-corrected chi connectivity index (χ4v) is 4.72. The van der Waals surface area contributed by atoms with E-state index >= 15 is 0 Å². The van der Waals surface area contributed by atoms with Gasteiger partial charge < -0.3 is 9.72 Å².